The number of amides is 1. The second-order valence-corrected chi connectivity index (χ2v) is 3.19. The van der Waals surface area contributed by atoms with Gasteiger partial charge in [0.05, 0.1) is 19.7 Å². The smallest absolute Gasteiger partial charge is 0.255 e. The molecule has 0 aliphatic rings. The lowest BCUT2D eigenvalue weighted by Gasteiger charge is -2.22. The number of alkyl halides is 2. The number of carbonyl (C=O) groups excluding carboxylic acids is 1. The Labute approximate surface area is 82.1 Å². The number of hydrogen-bond donors (Lipinski definition) is 1. The number of halogens is 2. The minimum absolute atomic E-state index is 0.0446. The first-order chi connectivity index (χ1) is 6.47. The number of nitrogens with zero attached hydrogens (tertiary/aromatic N) is 2. The van der Waals surface area contributed by atoms with E-state index in [2.05, 4.69) is 0 Å². The Hall–Kier alpha value is -0.750. The summed E-state index contributed by atoms with van der Waals surface area (Å²) in [7, 11) is 3.36. The van der Waals surface area contributed by atoms with Crippen molar-refractivity contribution in [3.63, 3.8) is 0 Å². The van der Waals surface area contributed by atoms with E-state index in [1.165, 1.54) is 0 Å². The number of hydrogen-bond acceptors (Lipinski definition) is 3. The van der Waals surface area contributed by atoms with Gasteiger partial charge in [-0.25, -0.2) is 8.78 Å². The third kappa shape index (κ3) is 5.82. The fourth-order valence-corrected chi connectivity index (χ4v) is 0.976. The lowest BCUT2D eigenvalue weighted by Crippen LogP contribution is -2.41. The highest BCUT2D eigenvalue weighted by molar-refractivity contribution is 5.78. The van der Waals surface area contributed by atoms with E-state index in [0.717, 1.165) is 4.90 Å². The molecule has 14 heavy (non-hydrogen) atoms. The molecule has 0 aromatic heterocycles. The lowest BCUT2D eigenvalue weighted by atomic mass is 10.4. The van der Waals surface area contributed by atoms with E-state index in [-0.39, 0.29) is 19.7 Å². The van der Waals surface area contributed by atoms with Gasteiger partial charge in [0.2, 0.25) is 5.91 Å². The second-order valence-electron chi connectivity index (χ2n) is 3.19. The molecule has 6 heteroatoms. The van der Waals surface area contributed by atoms with Gasteiger partial charge in [-0.05, 0) is 14.1 Å². The van der Waals surface area contributed by atoms with Crippen LogP contribution in [0, 0.1) is 0 Å². The molecule has 1 amide bonds. The molecular weight excluding hydrogens is 194 g/mol. The van der Waals surface area contributed by atoms with Crippen molar-refractivity contribution < 1.29 is 18.7 Å². The zero-order chi connectivity index (χ0) is 11.1. The molecule has 84 valence electrons. The zero-order valence-electron chi connectivity index (χ0n) is 8.41. The van der Waals surface area contributed by atoms with Gasteiger partial charge in [0.1, 0.15) is 0 Å². The number of carbonyl (C=O) groups is 1. The van der Waals surface area contributed by atoms with Crippen LogP contribution in [0.2, 0.25) is 0 Å². The first kappa shape index (κ1) is 13.2. The van der Waals surface area contributed by atoms with Crippen molar-refractivity contribution in [1.29, 1.82) is 0 Å². The highest BCUT2D eigenvalue weighted by atomic mass is 19.3. The molecule has 0 aromatic carbocycles. The summed E-state index contributed by atoms with van der Waals surface area (Å²) < 4.78 is 24.0. The van der Waals surface area contributed by atoms with E-state index in [0.29, 0.717) is 0 Å². The summed E-state index contributed by atoms with van der Waals surface area (Å²) in [5.41, 5.74) is 0. The number of aliphatic hydroxyl groups is 1. The standard InChI is InChI=1S/C8H16F2N2O2/c1-11(2)6-8(14)12(3-4-13)5-7(9)10/h7,13H,3-6H2,1-2H3. The van der Waals surface area contributed by atoms with E-state index >= 15 is 0 Å². The Morgan fingerprint density at radius 1 is 1.43 bits per heavy atom. The third-order valence-electron chi connectivity index (χ3n) is 1.53. The Kier molecular flexibility index (Phi) is 6.31. The van der Waals surface area contributed by atoms with E-state index in [9.17, 15) is 13.6 Å². The molecule has 0 saturated heterocycles. The van der Waals surface area contributed by atoms with Gasteiger partial charge < -0.3 is 14.9 Å². The molecule has 0 spiro atoms. The van der Waals surface area contributed by atoms with E-state index < -0.39 is 18.9 Å². The Morgan fingerprint density at radius 3 is 2.36 bits per heavy atom. The Bertz CT molecular complexity index is 177. The maximum Gasteiger partial charge on any atom is 0.255 e. The minimum atomic E-state index is -2.56. The van der Waals surface area contributed by atoms with Crippen LogP contribution in [-0.2, 0) is 4.79 Å². The monoisotopic (exact) mass is 210 g/mol. The zero-order valence-corrected chi connectivity index (χ0v) is 8.41. The van der Waals surface area contributed by atoms with Crippen LogP contribution in [0.3, 0.4) is 0 Å². The van der Waals surface area contributed by atoms with Gasteiger partial charge in [-0.3, -0.25) is 4.79 Å². The predicted molar refractivity (Wildman–Crippen MR) is 48.2 cm³/mol. The highest BCUT2D eigenvalue weighted by Gasteiger charge is 2.17. The molecule has 0 saturated carbocycles. The first-order valence-corrected chi connectivity index (χ1v) is 4.29. The highest BCUT2D eigenvalue weighted by Crippen LogP contribution is 1.99. The summed E-state index contributed by atoms with van der Waals surface area (Å²) in [4.78, 5) is 13.9. The van der Waals surface area contributed by atoms with Crippen LogP contribution in [0.4, 0.5) is 8.78 Å². The van der Waals surface area contributed by atoms with Gasteiger partial charge in [-0.1, -0.05) is 0 Å². The van der Waals surface area contributed by atoms with E-state index in [1.54, 1.807) is 19.0 Å². The second kappa shape index (κ2) is 6.67. The molecule has 0 aromatic rings. The number of likely N-dealkylation sites (N-methyl/N-ethyl adjacent to an activating group) is 1. The van der Waals surface area contributed by atoms with Gasteiger partial charge >= 0.3 is 0 Å². The third-order valence-corrected chi connectivity index (χ3v) is 1.53. The number of rotatable bonds is 6. The van der Waals surface area contributed by atoms with Crippen molar-refractivity contribution >= 4 is 5.91 Å². The molecule has 0 atom stereocenters. The van der Waals surface area contributed by atoms with Crippen LogP contribution in [0.15, 0.2) is 0 Å². The predicted octanol–water partition coefficient (Wildman–Crippen LogP) is -0.366. The van der Waals surface area contributed by atoms with Crippen LogP contribution >= 0.6 is 0 Å². The first-order valence-electron chi connectivity index (χ1n) is 4.29. The van der Waals surface area contributed by atoms with Crippen molar-refractivity contribution in [2.75, 3.05) is 40.3 Å². The van der Waals surface area contributed by atoms with Gasteiger partial charge in [-0.2, -0.15) is 0 Å². The molecule has 0 bridgehead atoms. The van der Waals surface area contributed by atoms with Crippen LogP contribution < -0.4 is 0 Å². The van der Waals surface area contributed by atoms with E-state index in [1.807, 2.05) is 0 Å². The molecule has 1 N–H and O–H groups in total. The van der Waals surface area contributed by atoms with Gasteiger partial charge in [-0.15, -0.1) is 0 Å². The molecule has 0 fully saturated rings. The molecule has 0 heterocycles. The van der Waals surface area contributed by atoms with Gasteiger partial charge in [0, 0.05) is 6.54 Å². The SMILES string of the molecule is CN(C)CC(=O)N(CCO)CC(F)F. The average Bonchev–Trinajstić information content (AvgIpc) is 2.01. The van der Waals surface area contributed by atoms with Crippen molar-refractivity contribution in [2.24, 2.45) is 0 Å². The summed E-state index contributed by atoms with van der Waals surface area (Å²) in [6, 6.07) is 0. The minimum Gasteiger partial charge on any atom is -0.395 e. The molecule has 0 rings (SSSR count). The van der Waals surface area contributed by atoms with Crippen molar-refractivity contribution in [1.82, 2.24) is 9.80 Å². The molecule has 0 radical (unpaired) electrons. The van der Waals surface area contributed by atoms with Crippen LogP contribution in [-0.4, -0.2) is 67.6 Å². The fourth-order valence-electron chi connectivity index (χ4n) is 0.976. The van der Waals surface area contributed by atoms with Gasteiger partial charge in [0.25, 0.3) is 6.43 Å². The quantitative estimate of drug-likeness (QED) is 0.650. The molecule has 0 unspecified atom stereocenters. The molecular formula is C8H16F2N2O2. The summed E-state index contributed by atoms with van der Waals surface area (Å²) in [6.45, 7) is -0.886. The molecule has 0 aliphatic carbocycles. The maximum absolute atomic E-state index is 12.0. The van der Waals surface area contributed by atoms with Crippen molar-refractivity contribution in [2.45, 2.75) is 6.43 Å². The fraction of sp³-hybridized carbons (Fsp3) is 0.875. The summed E-state index contributed by atoms with van der Waals surface area (Å²) in [6.07, 6.45) is -2.56. The topological polar surface area (TPSA) is 43.8 Å². The molecule has 0 aliphatic heterocycles. The lowest BCUT2D eigenvalue weighted by molar-refractivity contribution is -0.134. The largest absolute Gasteiger partial charge is 0.395 e. The van der Waals surface area contributed by atoms with Crippen LogP contribution in [0.25, 0.3) is 0 Å². The number of aliphatic hydroxyl groups excluding tert-OH is 1. The van der Waals surface area contributed by atoms with Crippen molar-refractivity contribution in [3.05, 3.63) is 0 Å². The van der Waals surface area contributed by atoms with Crippen molar-refractivity contribution in [3.8, 4) is 0 Å². The average molecular weight is 210 g/mol. The van der Waals surface area contributed by atoms with Crippen LogP contribution in [0.5, 0.6) is 0 Å². The van der Waals surface area contributed by atoms with Gasteiger partial charge in [0.15, 0.2) is 0 Å². The normalized spacial score (nSPS) is 11.1. The van der Waals surface area contributed by atoms with Crippen LogP contribution in [0.1, 0.15) is 0 Å². The summed E-state index contributed by atoms with van der Waals surface area (Å²) >= 11 is 0. The summed E-state index contributed by atoms with van der Waals surface area (Å²) in [5.74, 6) is -0.399. The molecule has 4 nitrogen and oxygen atoms in total. The van der Waals surface area contributed by atoms with E-state index in [4.69, 9.17) is 5.11 Å². The Morgan fingerprint density at radius 2 is 2.00 bits per heavy atom. The maximum atomic E-state index is 12.0. The Balaban J connectivity index is 4.10. The summed E-state index contributed by atoms with van der Waals surface area (Å²) in [5, 5.41) is 8.58.